The van der Waals surface area contributed by atoms with E-state index in [1.165, 1.54) is 6.26 Å². The van der Waals surface area contributed by atoms with Crippen LogP contribution < -0.4 is 10.6 Å². The molecule has 0 unspecified atom stereocenters. The van der Waals surface area contributed by atoms with Crippen molar-refractivity contribution in [3.63, 3.8) is 0 Å². The molecule has 2 amide bonds. The van der Waals surface area contributed by atoms with E-state index in [1.807, 2.05) is 0 Å². The maximum absolute atomic E-state index is 12.3. The Morgan fingerprint density at radius 2 is 1.76 bits per heavy atom. The van der Waals surface area contributed by atoms with Crippen molar-refractivity contribution in [2.75, 3.05) is 5.32 Å². The Kier molecular flexibility index (Phi) is 5.10. The lowest BCUT2D eigenvalue weighted by molar-refractivity contribution is 0.0945. The van der Waals surface area contributed by atoms with Crippen LogP contribution in [-0.2, 0) is 6.54 Å². The van der Waals surface area contributed by atoms with Gasteiger partial charge in [0, 0.05) is 29.2 Å². The van der Waals surface area contributed by atoms with Gasteiger partial charge in [0.15, 0.2) is 5.76 Å². The van der Waals surface area contributed by atoms with Crippen molar-refractivity contribution in [3.05, 3.63) is 84.4 Å². The second kappa shape index (κ2) is 8.17. The van der Waals surface area contributed by atoms with Gasteiger partial charge >= 0.3 is 0 Å². The first-order valence-electron chi connectivity index (χ1n) is 8.65. The van der Waals surface area contributed by atoms with Crippen LogP contribution in [0, 0.1) is 0 Å². The minimum atomic E-state index is -0.367. The lowest BCUT2D eigenvalue weighted by Crippen LogP contribution is -2.23. The van der Waals surface area contributed by atoms with Crippen molar-refractivity contribution in [1.29, 1.82) is 0 Å². The predicted octanol–water partition coefficient (Wildman–Crippen LogP) is 2.91. The Balaban J connectivity index is 1.33. The van der Waals surface area contributed by atoms with Crippen molar-refractivity contribution in [3.8, 4) is 11.4 Å². The van der Waals surface area contributed by atoms with E-state index in [0.29, 0.717) is 17.1 Å². The summed E-state index contributed by atoms with van der Waals surface area (Å²) in [7, 11) is 0. The number of benzene rings is 1. The summed E-state index contributed by atoms with van der Waals surface area (Å²) in [5, 5.41) is 9.28. The maximum Gasteiger partial charge on any atom is 0.291 e. The van der Waals surface area contributed by atoms with Crippen LogP contribution in [0.5, 0.6) is 0 Å². The Morgan fingerprint density at radius 3 is 2.48 bits per heavy atom. The summed E-state index contributed by atoms with van der Waals surface area (Å²) in [5.41, 5.74) is 1.74. The second-order valence-electron chi connectivity index (χ2n) is 5.94. The molecule has 0 fully saturated rings. The summed E-state index contributed by atoms with van der Waals surface area (Å²) in [6.45, 7) is 0.0912. The molecule has 0 spiro atoms. The fourth-order valence-electron chi connectivity index (χ4n) is 2.51. The number of nitrogens with zero attached hydrogens (tertiary/aromatic N) is 3. The van der Waals surface area contributed by atoms with Gasteiger partial charge in [-0.3, -0.25) is 14.6 Å². The molecule has 3 aromatic heterocycles. The predicted molar refractivity (Wildman–Crippen MR) is 102 cm³/mol. The van der Waals surface area contributed by atoms with Gasteiger partial charge in [-0.15, -0.1) is 0 Å². The normalized spacial score (nSPS) is 10.5. The third-order valence-corrected chi connectivity index (χ3v) is 3.96. The van der Waals surface area contributed by atoms with E-state index in [2.05, 4.69) is 25.8 Å². The Hall–Kier alpha value is -4.27. The van der Waals surface area contributed by atoms with Gasteiger partial charge in [0.1, 0.15) is 0 Å². The summed E-state index contributed by atoms with van der Waals surface area (Å²) >= 11 is 0. The van der Waals surface area contributed by atoms with Crippen molar-refractivity contribution < 1.29 is 18.5 Å². The van der Waals surface area contributed by atoms with Crippen molar-refractivity contribution >= 4 is 17.5 Å². The molecule has 0 radical (unpaired) electrons. The number of anilines is 1. The second-order valence-corrected chi connectivity index (χ2v) is 5.94. The van der Waals surface area contributed by atoms with E-state index in [-0.39, 0.29) is 30.0 Å². The molecule has 9 nitrogen and oxygen atoms in total. The van der Waals surface area contributed by atoms with E-state index in [1.54, 1.807) is 60.9 Å². The zero-order valence-electron chi connectivity index (χ0n) is 15.0. The van der Waals surface area contributed by atoms with Gasteiger partial charge in [0.05, 0.1) is 12.8 Å². The van der Waals surface area contributed by atoms with Gasteiger partial charge in [-0.25, -0.2) is 0 Å². The Labute approximate surface area is 164 Å². The standard InChI is InChI=1S/C20H15N5O4/c26-19(22-12-17-24-18(25-29-17)13-7-9-21-10-8-13)14-3-5-15(6-4-14)23-20(27)16-2-1-11-28-16/h1-11H,12H2,(H,22,26)(H,23,27). The summed E-state index contributed by atoms with van der Waals surface area (Å²) in [6, 6.07) is 13.2. The Morgan fingerprint density at radius 1 is 0.966 bits per heavy atom. The SMILES string of the molecule is O=C(NCc1nc(-c2ccncc2)no1)c1ccc(NC(=O)c2ccco2)cc1. The fraction of sp³-hybridized carbons (Fsp3) is 0.0500. The molecule has 0 atom stereocenters. The molecular formula is C20H15N5O4. The molecule has 0 aliphatic carbocycles. The zero-order chi connectivity index (χ0) is 20.1. The number of hydrogen-bond donors (Lipinski definition) is 2. The van der Waals surface area contributed by atoms with Crippen LogP contribution in [-0.4, -0.2) is 26.9 Å². The zero-order valence-corrected chi connectivity index (χ0v) is 15.0. The Bertz CT molecular complexity index is 1110. The number of aromatic nitrogens is 3. The molecule has 0 aliphatic rings. The molecular weight excluding hydrogens is 374 g/mol. The van der Waals surface area contributed by atoms with Crippen LogP contribution in [0.2, 0.25) is 0 Å². The molecule has 1 aromatic carbocycles. The summed E-state index contributed by atoms with van der Waals surface area (Å²) < 4.78 is 10.2. The minimum Gasteiger partial charge on any atom is -0.459 e. The van der Waals surface area contributed by atoms with Gasteiger partial charge in [0.2, 0.25) is 11.7 Å². The van der Waals surface area contributed by atoms with Crippen LogP contribution in [0.3, 0.4) is 0 Å². The lowest BCUT2D eigenvalue weighted by atomic mass is 10.2. The smallest absolute Gasteiger partial charge is 0.291 e. The number of carbonyl (C=O) groups excluding carboxylic acids is 2. The molecule has 29 heavy (non-hydrogen) atoms. The van der Waals surface area contributed by atoms with Crippen molar-refractivity contribution in [1.82, 2.24) is 20.4 Å². The van der Waals surface area contributed by atoms with Gasteiger partial charge in [-0.1, -0.05) is 5.16 Å². The van der Waals surface area contributed by atoms with Crippen molar-refractivity contribution in [2.45, 2.75) is 6.54 Å². The largest absolute Gasteiger partial charge is 0.459 e. The van der Waals surface area contributed by atoms with Gasteiger partial charge in [0.25, 0.3) is 11.8 Å². The third-order valence-electron chi connectivity index (χ3n) is 3.96. The molecule has 0 bridgehead atoms. The topological polar surface area (TPSA) is 123 Å². The number of nitrogens with one attached hydrogen (secondary N) is 2. The van der Waals surface area contributed by atoms with E-state index >= 15 is 0 Å². The monoisotopic (exact) mass is 389 g/mol. The number of carbonyl (C=O) groups is 2. The van der Waals surface area contributed by atoms with E-state index < -0.39 is 0 Å². The highest BCUT2D eigenvalue weighted by Crippen LogP contribution is 2.14. The molecule has 0 saturated heterocycles. The highest BCUT2D eigenvalue weighted by atomic mass is 16.5. The summed E-state index contributed by atoms with van der Waals surface area (Å²) in [6.07, 6.45) is 4.69. The number of rotatable bonds is 6. The molecule has 2 N–H and O–H groups in total. The van der Waals surface area contributed by atoms with E-state index in [9.17, 15) is 9.59 Å². The number of pyridine rings is 1. The highest BCUT2D eigenvalue weighted by Gasteiger charge is 2.12. The van der Waals surface area contributed by atoms with Crippen molar-refractivity contribution in [2.24, 2.45) is 0 Å². The molecule has 4 aromatic rings. The molecule has 0 aliphatic heterocycles. The first-order chi connectivity index (χ1) is 14.2. The average molecular weight is 389 g/mol. The quantitative estimate of drug-likeness (QED) is 0.520. The molecule has 0 saturated carbocycles. The molecule has 4 rings (SSSR count). The summed E-state index contributed by atoms with van der Waals surface area (Å²) in [4.78, 5) is 32.4. The van der Waals surface area contributed by atoms with Crippen LogP contribution in [0.25, 0.3) is 11.4 Å². The van der Waals surface area contributed by atoms with Crippen LogP contribution in [0.15, 0.2) is 76.1 Å². The fourth-order valence-corrected chi connectivity index (χ4v) is 2.51. The molecule has 9 heteroatoms. The van der Waals surface area contributed by atoms with Gasteiger partial charge < -0.3 is 19.6 Å². The van der Waals surface area contributed by atoms with E-state index in [4.69, 9.17) is 8.94 Å². The maximum atomic E-state index is 12.3. The number of amides is 2. The first kappa shape index (κ1) is 18.1. The molecule has 144 valence electrons. The number of hydrogen-bond acceptors (Lipinski definition) is 7. The molecule has 3 heterocycles. The van der Waals surface area contributed by atoms with Gasteiger partial charge in [-0.2, -0.15) is 4.98 Å². The third kappa shape index (κ3) is 4.35. The van der Waals surface area contributed by atoms with Crippen LogP contribution in [0.1, 0.15) is 26.8 Å². The number of furan rings is 1. The minimum absolute atomic E-state index is 0.0912. The van der Waals surface area contributed by atoms with E-state index in [0.717, 1.165) is 5.56 Å². The van der Waals surface area contributed by atoms with Gasteiger partial charge in [-0.05, 0) is 48.5 Å². The average Bonchev–Trinajstić information content (AvgIpc) is 3.45. The van der Waals surface area contributed by atoms with Crippen LogP contribution in [0.4, 0.5) is 5.69 Å². The highest BCUT2D eigenvalue weighted by molar-refractivity contribution is 6.02. The lowest BCUT2D eigenvalue weighted by Gasteiger charge is -2.05. The first-order valence-corrected chi connectivity index (χ1v) is 8.65. The van der Waals surface area contributed by atoms with Crippen LogP contribution >= 0.6 is 0 Å². The summed E-state index contributed by atoms with van der Waals surface area (Å²) in [5.74, 6) is 0.240.